The molecule has 0 saturated carbocycles. The number of amides is 1. The lowest BCUT2D eigenvalue weighted by molar-refractivity contribution is -0.120. The largest absolute Gasteiger partial charge is 0.477 e. The molecule has 1 amide bonds. The van der Waals surface area contributed by atoms with Crippen LogP contribution in [-0.2, 0) is 16.0 Å². The van der Waals surface area contributed by atoms with Crippen molar-refractivity contribution < 1.29 is 19.4 Å². The lowest BCUT2D eigenvalue weighted by Gasteiger charge is -2.10. The van der Waals surface area contributed by atoms with Crippen LogP contribution in [0.25, 0.3) is 0 Å². The number of rotatable bonds is 5. The highest BCUT2D eigenvalue weighted by molar-refractivity contribution is 7.12. The molecule has 1 atom stereocenters. The third-order valence-electron chi connectivity index (χ3n) is 2.78. The lowest BCUT2D eigenvalue weighted by atomic mass is 10.2. The Morgan fingerprint density at radius 1 is 1.56 bits per heavy atom. The quantitative estimate of drug-likeness (QED) is 0.844. The molecule has 18 heavy (non-hydrogen) atoms. The molecule has 98 valence electrons. The van der Waals surface area contributed by atoms with Crippen molar-refractivity contribution in [3.63, 3.8) is 0 Å². The van der Waals surface area contributed by atoms with E-state index in [0.717, 1.165) is 36.3 Å². The van der Waals surface area contributed by atoms with Gasteiger partial charge in [0, 0.05) is 13.2 Å². The molecule has 1 unspecified atom stereocenters. The van der Waals surface area contributed by atoms with Crippen molar-refractivity contribution in [1.29, 1.82) is 0 Å². The van der Waals surface area contributed by atoms with Crippen LogP contribution in [0.4, 0.5) is 0 Å². The van der Waals surface area contributed by atoms with Crippen LogP contribution in [0.5, 0.6) is 0 Å². The van der Waals surface area contributed by atoms with Crippen LogP contribution in [0.1, 0.15) is 28.1 Å². The molecule has 1 fully saturated rings. The Bertz CT molecular complexity index is 437. The molecule has 0 spiro atoms. The highest BCUT2D eigenvalue weighted by atomic mass is 32.1. The summed E-state index contributed by atoms with van der Waals surface area (Å²) in [6.45, 7) is 1.31. The summed E-state index contributed by atoms with van der Waals surface area (Å²) >= 11 is 1.14. The van der Waals surface area contributed by atoms with Crippen molar-refractivity contribution in [2.24, 2.45) is 0 Å². The second-order valence-electron chi connectivity index (χ2n) is 4.24. The maximum Gasteiger partial charge on any atom is 0.345 e. The summed E-state index contributed by atoms with van der Waals surface area (Å²) in [7, 11) is 0. The monoisotopic (exact) mass is 269 g/mol. The average molecular weight is 269 g/mol. The van der Waals surface area contributed by atoms with Gasteiger partial charge in [-0.05, 0) is 29.9 Å². The van der Waals surface area contributed by atoms with Crippen molar-refractivity contribution in [2.75, 3.05) is 13.2 Å². The van der Waals surface area contributed by atoms with Crippen molar-refractivity contribution in [1.82, 2.24) is 5.32 Å². The van der Waals surface area contributed by atoms with Crippen LogP contribution in [0.2, 0.25) is 0 Å². The van der Waals surface area contributed by atoms with Crippen LogP contribution in [0.3, 0.4) is 0 Å². The van der Waals surface area contributed by atoms with Gasteiger partial charge >= 0.3 is 5.97 Å². The minimum atomic E-state index is -0.953. The van der Waals surface area contributed by atoms with E-state index in [1.54, 1.807) is 11.4 Å². The number of hydrogen-bond donors (Lipinski definition) is 2. The Morgan fingerprint density at radius 3 is 3.00 bits per heavy atom. The molecule has 1 aliphatic heterocycles. The zero-order valence-corrected chi connectivity index (χ0v) is 10.7. The normalized spacial score (nSPS) is 18.8. The second-order valence-corrected chi connectivity index (χ2v) is 5.15. The highest BCUT2D eigenvalue weighted by Gasteiger charge is 2.16. The number of carboxylic acids is 1. The van der Waals surface area contributed by atoms with E-state index in [9.17, 15) is 9.59 Å². The number of carboxylic acid groups (broad SMARTS) is 1. The Labute approximate surface area is 109 Å². The molecule has 1 aliphatic rings. The molecule has 0 aromatic carbocycles. The van der Waals surface area contributed by atoms with Crippen LogP contribution >= 0.6 is 11.3 Å². The third kappa shape index (κ3) is 3.54. The Kier molecular flexibility index (Phi) is 4.33. The number of ether oxygens (including phenoxy) is 1. The SMILES string of the molecule is O=C(Cc1csc(C(=O)O)c1)NCC1CCCO1. The molecule has 2 heterocycles. The summed E-state index contributed by atoms with van der Waals surface area (Å²) in [4.78, 5) is 22.6. The minimum Gasteiger partial charge on any atom is -0.477 e. The van der Waals surface area contributed by atoms with E-state index in [-0.39, 0.29) is 23.3 Å². The Morgan fingerprint density at radius 2 is 2.39 bits per heavy atom. The third-order valence-corrected chi connectivity index (χ3v) is 3.75. The highest BCUT2D eigenvalue weighted by Crippen LogP contribution is 2.15. The topological polar surface area (TPSA) is 75.6 Å². The van der Waals surface area contributed by atoms with E-state index in [1.807, 2.05) is 0 Å². The molecule has 5 nitrogen and oxygen atoms in total. The van der Waals surface area contributed by atoms with Gasteiger partial charge in [-0.15, -0.1) is 11.3 Å². The first-order valence-corrected chi connectivity index (χ1v) is 6.72. The molecule has 1 aromatic heterocycles. The first-order chi connectivity index (χ1) is 8.65. The van der Waals surface area contributed by atoms with Crippen LogP contribution in [0, 0.1) is 0 Å². The smallest absolute Gasteiger partial charge is 0.345 e. The van der Waals surface area contributed by atoms with Crippen molar-refractivity contribution >= 4 is 23.2 Å². The number of hydrogen-bond acceptors (Lipinski definition) is 4. The Hall–Kier alpha value is -1.40. The molecule has 1 saturated heterocycles. The first kappa shape index (κ1) is 13.0. The van der Waals surface area contributed by atoms with Gasteiger partial charge in [0.1, 0.15) is 4.88 Å². The van der Waals surface area contributed by atoms with E-state index in [4.69, 9.17) is 9.84 Å². The Balaban J connectivity index is 1.77. The summed E-state index contributed by atoms with van der Waals surface area (Å²) in [5.41, 5.74) is 0.738. The molecule has 0 aliphatic carbocycles. The number of aromatic carboxylic acids is 1. The fourth-order valence-corrected chi connectivity index (χ4v) is 2.61. The standard InChI is InChI=1S/C12H15NO4S/c14-11(13-6-9-2-1-3-17-9)5-8-4-10(12(15)16)18-7-8/h4,7,9H,1-3,5-6H2,(H,13,14)(H,15,16). The zero-order chi connectivity index (χ0) is 13.0. The van der Waals surface area contributed by atoms with E-state index < -0.39 is 5.97 Å². The predicted molar refractivity (Wildman–Crippen MR) is 67.0 cm³/mol. The van der Waals surface area contributed by atoms with Crippen LogP contribution in [-0.4, -0.2) is 36.2 Å². The maximum absolute atomic E-state index is 11.6. The molecule has 1 aromatic rings. The van der Waals surface area contributed by atoms with Crippen molar-refractivity contribution in [2.45, 2.75) is 25.4 Å². The second kappa shape index (κ2) is 5.97. The summed E-state index contributed by atoms with van der Waals surface area (Å²) in [6, 6.07) is 1.54. The molecule has 0 bridgehead atoms. The molecule has 6 heteroatoms. The van der Waals surface area contributed by atoms with Gasteiger partial charge in [0.2, 0.25) is 5.91 Å². The van der Waals surface area contributed by atoms with Gasteiger partial charge in [-0.2, -0.15) is 0 Å². The summed E-state index contributed by atoms with van der Waals surface area (Å²) in [6.07, 6.45) is 2.39. The minimum absolute atomic E-state index is 0.0970. The molecule has 2 rings (SSSR count). The summed E-state index contributed by atoms with van der Waals surface area (Å²) in [5.74, 6) is -1.05. The van der Waals surface area contributed by atoms with E-state index in [0.29, 0.717) is 6.54 Å². The number of thiophene rings is 1. The van der Waals surface area contributed by atoms with Crippen molar-refractivity contribution in [3.8, 4) is 0 Å². The van der Waals surface area contributed by atoms with Gasteiger partial charge in [0.25, 0.3) is 0 Å². The van der Waals surface area contributed by atoms with Gasteiger partial charge in [0.15, 0.2) is 0 Å². The fraction of sp³-hybridized carbons (Fsp3) is 0.500. The molecular formula is C12H15NO4S. The van der Waals surface area contributed by atoms with Crippen LogP contribution in [0.15, 0.2) is 11.4 Å². The van der Waals surface area contributed by atoms with Crippen molar-refractivity contribution in [3.05, 3.63) is 21.9 Å². The predicted octanol–water partition coefficient (Wildman–Crippen LogP) is 1.28. The van der Waals surface area contributed by atoms with Crippen LogP contribution < -0.4 is 5.32 Å². The molecular weight excluding hydrogens is 254 g/mol. The summed E-state index contributed by atoms with van der Waals surface area (Å²) < 4.78 is 5.40. The van der Waals surface area contributed by atoms with Gasteiger partial charge in [-0.25, -0.2) is 4.79 Å². The fourth-order valence-electron chi connectivity index (χ4n) is 1.86. The lowest BCUT2D eigenvalue weighted by Crippen LogP contribution is -2.32. The van der Waals surface area contributed by atoms with E-state index in [1.165, 1.54) is 0 Å². The van der Waals surface area contributed by atoms with Gasteiger partial charge < -0.3 is 15.2 Å². The molecule has 0 radical (unpaired) electrons. The van der Waals surface area contributed by atoms with E-state index >= 15 is 0 Å². The maximum atomic E-state index is 11.6. The number of nitrogens with one attached hydrogen (secondary N) is 1. The zero-order valence-electron chi connectivity index (χ0n) is 9.85. The van der Waals surface area contributed by atoms with Gasteiger partial charge in [-0.1, -0.05) is 0 Å². The number of carbonyl (C=O) groups excluding carboxylic acids is 1. The van der Waals surface area contributed by atoms with Gasteiger partial charge in [-0.3, -0.25) is 4.79 Å². The summed E-state index contributed by atoms with van der Waals surface area (Å²) in [5, 5.41) is 13.3. The first-order valence-electron chi connectivity index (χ1n) is 5.84. The number of carbonyl (C=O) groups is 2. The molecule has 2 N–H and O–H groups in total. The average Bonchev–Trinajstić information content (AvgIpc) is 2.96. The van der Waals surface area contributed by atoms with E-state index in [2.05, 4.69) is 5.32 Å². The van der Waals surface area contributed by atoms with Gasteiger partial charge in [0.05, 0.1) is 12.5 Å².